The van der Waals surface area contributed by atoms with Crippen LogP contribution in [0.2, 0.25) is 0 Å². The second kappa shape index (κ2) is 4.87. The van der Waals surface area contributed by atoms with Crippen LogP contribution < -0.4 is 0 Å². The predicted octanol–water partition coefficient (Wildman–Crippen LogP) is 3.05. The average Bonchev–Trinajstić information content (AvgIpc) is 2.72. The fourth-order valence-electron chi connectivity index (χ4n) is 2.11. The van der Waals surface area contributed by atoms with Gasteiger partial charge in [-0.15, -0.1) is 0 Å². The molecule has 1 heterocycles. The van der Waals surface area contributed by atoms with E-state index in [1.54, 1.807) is 0 Å². The summed E-state index contributed by atoms with van der Waals surface area (Å²) in [6.45, 7) is 4.61. The standard InChI is InChI=1S/C14H16.V/c1-5-12(4)14(11(2)3)13-9-7-6-8-10-13;/h1,4-11,14H,2-3H3;. The van der Waals surface area contributed by atoms with Crippen LogP contribution >= 0.6 is 0 Å². The molecule has 1 aliphatic heterocycles. The molecule has 0 saturated heterocycles. The van der Waals surface area contributed by atoms with Crippen LogP contribution in [0.4, 0.5) is 0 Å². The van der Waals surface area contributed by atoms with Crippen LogP contribution in [0.1, 0.15) is 25.3 Å². The Bertz CT molecular complexity index is 420. The van der Waals surface area contributed by atoms with Gasteiger partial charge in [0.2, 0.25) is 0 Å². The first kappa shape index (κ1) is 10.8. The molecule has 1 aromatic rings. The topological polar surface area (TPSA) is 0 Å². The molecule has 0 spiro atoms. The molecule has 77 valence electrons. The Morgan fingerprint density at radius 1 is 1.07 bits per heavy atom. The van der Waals surface area contributed by atoms with Crippen LogP contribution in [-0.2, 0) is 15.4 Å². The first-order valence-corrected chi connectivity index (χ1v) is 7.02. The van der Waals surface area contributed by atoms with Crippen molar-refractivity contribution in [3.63, 3.8) is 0 Å². The summed E-state index contributed by atoms with van der Waals surface area (Å²) in [5.74, 6) is 1.25. The van der Waals surface area contributed by atoms with Crippen LogP contribution in [0, 0.1) is 5.92 Å². The van der Waals surface area contributed by atoms with E-state index >= 15 is 0 Å². The third-order valence-electron chi connectivity index (χ3n) is 2.76. The van der Waals surface area contributed by atoms with Crippen molar-refractivity contribution in [1.29, 1.82) is 0 Å². The second-order valence-electron chi connectivity index (χ2n) is 4.23. The maximum atomic E-state index is 2.44. The van der Waals surface area contributed by atoms with Gasteiger partial charge in [-0.1, -0.05) is 0 Å². The molecule has 0 saturated carbocycles. The third-order valence-corrected chi connectivity index (χ3v) is 3.96. The molecular formula is C14H16V. The summed E-state index contributed by atoms with van der Waals surface area (Å²) in [7, 11) is 0. The van der Waals surface area contributed by atoms with E-state index < -0.39 is 0 Å². The summed E-state index contributed by atoms with van der Waals surface area (Å²) in [5, 5.41) is 0. The Hall–Kier alpha value is -0.716. The second-order valence-corrected chi connectivity index (χ2v) is 5.56. The van der Waals surface area contributed by atoms with Crippen molar-refractivity contribution >= 4 is 9.46 Å². The molecular weight excluding hydrogens is 219 g/mol. The Labute approximate surface area is 98.1 Å². The van der Waals surface area contributed by atoms with Gasteiger partial charge >= 0.3 is 98.1 Å². The Balaban J connectivity index is 2.33. The number of benzene rings is 1. The molecule has 1 unspecified atom stereocenters. The van der Waals surface area contributed by atoms with Gasteiger partial charge in [0.15, 0.2) is 0 Å². The molecule has 0 amide bonds. The van der Waals surface area contributed by atoms with Gasteiger partial charge in [0.25, 0.3) is 0 Å². The van der Waals surface area contributed by atoms with Crippen molar-refractivity contribution in [3.05, 3.63) is 47.5 Å². The third kappa shape index (κ3) is 2.45. The van der Waals surface area contributed by atoms with Gasteiger partial charge in [-0.05, 0) is 0 Å². The number of hydrogen-bond acceptors (Lipinski definition) is 0. The van der Waals surface area contributed by atoms with E-state index in [4.69, 9.17) is 0 Å². The Kier molecular flexibility index (Phi) is 3.50. The van der Waals surface area contributed by atoms with Crippen LogP contribution in [0.5, 0.6) is 0 Å². The van der Waals surface area contributed by atoms with Crippen molar-refractivity contribution in [1.82, 2.24) is 0 Å². The van der Waals surface area contributed by atoms with Gasteiger partial charge in [-0.2, -0.15) is 0 Å². The monoisotopic (exact) mass is 235 g/mol. The molecule has 0 aromatic heterocycles. The summed E-state index contributed by atoms with van der Waals surface area (Å²) in [6.07, 6.45) is 2.32. The van der Waals surface area contributed by atoms with Gasteiger partial charge in [0, 0.05) is 0 Å². The number of allylic oxidation sites excluding steroid dienone is 2. The Morgan fingerprint density at radius 2 is 1.80 bits per heavy atom. The zero-order valence-corrected chi connectivity index (χ0v) is 10.6. The normalized spacial score (nSPS) is 15.8. The van der Waals surface area contributed by atoms with Gasteiger partial charge < -0.3 is 0 Å². The van der Waals surface area contributed by atoms with E-state index in [9.17, 15) is 0 Å². The molecule has 15 heavy (non-hydrogen) atoms. The molecule has 0 aliphatic carbocycles. The molecule has 1 aromatic carbocycles. The molecule has 0 bridgehead atoms. The molecule has 1 aliphatic rings. The number of rotatable bonds is 3. The zero-order chi connectivity index (χ0) is 10.7. The molecule has 1 atom stereocenters. The van der Waals surface area contributed by atoms with Crippen molar-refractivity contribution in [2.24, 2.45) is 5.92 Å². The molecule has 2 rings (SSSR count). The summed E-state index contributed by atoms with van der Waals surface area (Å²) in [5.41, 5.74) is 2.97. The van der Waals surface area contributed by atoms with E-state index in [2.05, 4.69) is 59.7 Å². The summed E-state index contributed by atoms with van der Waals surface area (Å²) in [4.78, 5) is 0. The molecule has 0 radical (unpaired) electrons. The molecule has 0 nitrogen and oxygen atoms in total. The van der Waals surface area contributed by atoms with E-state index in [1.165, 1.54) is 11.1 Å². The van der Waals surface area contributed by atoms with Crippen molar-refractivity contribution < 1.29 is 15.4 Å². The quantitative estimate of drug-likeness (QED) is 0.755. The van der Waals surface area contributed by atoms with E-state index in [-0.39, 0.29) is 0 Å². The summed E-state index contributed by atoms with van der Waals surface area (Å²) >= 11 is 0.340. The van der Waals surface area contributed by atoms with E-state index in [0.717, 1.165) is 0 Å². The van der Waals surface area contributed by atoms with Gasteiger partial charge in [-0.3, -0.25) is 0 Å². The summed E-state index contributed by atoms with van der Waals surface area (Å²) in [6, 6.07) is 10.9. The summed E-state index contributed by atoms with van der Waals surface area (Å²) < 4.78 is 4.78. The fraction of sp³-hybridized carbons (Fsp3) is 0.286. The zero-order valence-electron chi connectivity index (χ0n) is 9.22. The van der Waals surface area contributed by atoms with Crippen molar-refractivity contribution in [2.45, 2.75) is 19.8 Å². The molecule has 0 N–H and O–H groups in total. The minimum absolute atomic E-state index is 0.340. The van der Waals surface area contributed by atoms with Crippen LogP contribution in [0.25, 0.3) is 0 Å². The first-order valence-electron chi connectivity index (χ1n) is 5.40. The van der Waals surface area contributed by atoms with Crippen molar-refractivity contribution in [3.8, 4) is 0 Å². The van der Waals surface area contributed by atoms with Gasteiger partial charge in [0.05, 0.1) is 0 Å². The predicted molar refractivity (Wildman–Crippen MR) is 64.2 cm³/mol. The maximum absolute atomic E-state index is 2.44. The van der Waals surface area contributed by atoms with Gasteiger partial charge in [-0.25, -0.2) is 0 Å². The van der Waals surface area contributed by atoms with Gasteiger partial charge in [0.1, 0.15) is 0 Å². The van der Waals surface area contributed by atoms with Crippen LogP contribution in [0.3, 0.4) is 0 Å². The van der Waals surface area contributed by atoms with Crippen LogP contribution in [0.15, 0.2) is 42.0 Å². The molecule has 0 fully saturated rings. The van der Waals surface area contributed by atoms with Crippen molar-refractivity contribution in [2.75, 3.05) is 0 Å². The SMILES string of the molecule is CC(C)C(C1=C[CH]=[V]=[CH]1)c1ccccc1. The first-order chi connectivity index (χ1) is 7.29. The number of hydrogen-bond donors (Lipinski definition) is 0. The Morgan fingerprint density at radius 3 is 2.33 bits per heavy atom. The van der Waals surface area contributed by atoms with Crippen LogP contribution in [-0.4, -0.2) is 9.46 Å². The molecule has 1 heteroatoms. The fourth-order valence-corrected chi connectivity index (χ4v) is 3.30. The average molecular weight is 235 g/mol. The minimum atomic E-state index is 0.340. The van der Waals surface area contributed by atoms with E-state index in [0.29, 0.717) is 27.2 Å². The van der Waals surface area contributed by atoms with E-state index in [1.807, 2.05) is 0 Å².